The molecule has 4 heteroatoms. The second-order valence-corrected chi connectivity index (χ2v) is 3.58. The van der Waals surface area contributed by atoms with E-state index in [1.807, 2.05) is 6.20 Å². The first-order valence-corrected chi connectivity index (χ1v) is 4.54. The number of carbonyl (C=O) groups is 1. The number of carbonyl (C=O) groups excluding carboxylic acids is 1. The first-order valence-electron chi connectivity index (χ1n) is 3.66. The third-order valence-corrected chi connectivity index (χ3v) is 2.45. The van der Waals surface area contributed by atoms with E-state index in [2.05, 4.69) is 9.97 Å². The highest BCUT2D eigenvalue weighted by Crippen LogP contribution is 2.20. The molecule has 0 radical (unpaired) electrons. The minimum absolute atomic E-state index is 0.170. The molecule has 0 atom stereocenters. The van der Waals surface area contributed by atoms with E-state index in [-0.39, 0.29) is 5.78 Å². The van der Waals surface area contributed by atoms with E-state index in [4.69, 9.17) is 0 Å². The number of thiazole rings is 1. The number of aromatic nitrogens is 2. The van der Waals surface area contributed by atoms with Crippen LogP contribution in [0.1, 0.15) is 12.5 Å². The van der Waals surface area contributed by atoms with Gasteiger partial charge in [0.15, 0.2) is 0 Å². The summed E-state index contributed by atoms with van der Waals surface area (Å²) < 4.78 is 0. The SMILES string of the molecule is CC(=O)Cc1c[nH]c2scnc12. The van der Waals surface area contributed by atoms with Crippen molar-refractivity contribution in [1.29, 1.82) is 0 Å². The second kappa shape index (κ2) is 2.71. The molecule has 2 rings (SSSR count). The highest BCUT2D eigenvalue weighted by atomic mass is 32.1. The number of ketones is 1. The lowest BCUT2D eigenvalue weighted by atomic mass is 10.2. The molecule has 0 amide bonds. The van der Waals surface area contributed by atoms with Crippen LogP contribution in [0.3, 0.4) is 0 Å². The van der Waals surface area contributed by atoms with Crippen molar-refractivity contribution < 1.29 is 4.79 Å². The number of H-pyrrole nitrogens is 1. The van der Waals surface area contributed by atoms with Gasteiger partial charge in [0.2, 0.25) is 0 Å². The second-order valence-electron chi connectivity index (χ2n) is 2.72. The van der Waals surface area contributed by atoms with Crippen molar-refractivity contribution in [2.45, 2.75) is 13.3 Å². The number of nitrogens with one attached hydrogen (secondary N) is 1. The van der Waals surface area contributed by atoms with E-state index in [1.54, 1.807) is 23.8 Å². The van der Waals surface area contributed by atoms with Gasteiger partial charge >= 0.3 is 0 Å². The zero-order chi connectivity index (χ0) is 8.55. The number of hydrogen-bond donors (Lipinski definition) is 1. The monoisotopic (exact) mass is 180 g/mol. The predicted octanol–water partition coefficient (Wildman–Crippen LogP) is 1.76. The van der Waals surface area contributed by atoms with Crippen molar-refractivity contribution in [3.05, 3.63) is 17.3 Å². The van der Waals surface area contributed by atoms with Crippen molar-refractivity contribution >= 4 is 27.5 Å². The maximum Gasteiger partial charge on any atom is 0.134 e. The molecule has 1 N–H and O–H groups in total. The average Bonchev–Trinajstić information content (AvgIpc) is 2.52. The number of aromatic amines is 1. The fraction of sp³-hybridized carbons (Fsp3) is 0.250. The summed E-state index contributed by atoms with van der Waals surface area (Å²) in [5.41, 5.74) is 3.72. The number of rotatable bonds is 2. The van der Waals surface area contributed by atoms with E-state index < -0.39 is 0 Å². The summed E-state index contributed by atoms with van der Waals surface area (Å²) in [4.78, 5) is 19.1. The van der Waals surface area contributed by atoms with Crippen molar-refractivity contribution in [3.8, 4) is 0 Å². The lowest BCUT2D eigenvalue weighted by Crippen LogP contribution is -1.94. The quantitative estimate of drug-likeness (QED) is 0.765. The van der Waals surface area contributed by atoms with Gasteiger partial charge in [0.25, 0.3) is 0 Å². The van der Waals surface area contributed by atoms with Crippen LogP contribution in [0.25, 0.3) is 10.3 Å². The standard InChI is InChI=1S/C8H8N2OS/c1-5(11)2-6-3-9-8-7(6)10-4-12-8/h3-4,9H,2H2,1H3. The van der Waals surface area contributed by atoms with Crippen LogP contribution in [0, 0.1) is 0 Å². The molecule has 0 aromatic carbocycles. The molecule has 0 saturated carbocycles. The summed E-state index contributed by atoms with van der Waals surface area (Å²) in [6, 6.07) is 0. The van der Waals surface area contributed by atoms with Crippen molar-refractivity contribution in [2.24, 2.45) is 0 Å². The predicted molar refractivity (Wildman–Crippen MR) is 48.4 cm³/mol. The number of hydrogen-bond acceptors (Lipinski definition) is 3. The van der Waals surface area contributed by atoms with Gasteiger partial charge in [0.1, 0.15) is 16.1 Å². The van der Waals surface area contributed by atoms with Crippen LogP contribution in [0.2, 0.25) is 0 Å². The van der Waals surface area contributed by atoms with Gasteiger partial charge in [-0.3, -0.25) is 4.79 Å². The number of nitrogens with zero attached hydrogens (tertiary/aromatic N) is 1. The van der Waals surface area contributed by atoms with Gasteiger partial charge in [0.05, 0.1) is 5.51 Å². The van der Waals surface area contributed by atoms with Gasteiger partial charge < -0.3 is 4.98 Å². The number of Topliss-reactive ketones (excluding diaryl/α,β-unsaturated/α-hetero) is 1. The summed E-state index contributed by atoms with van der Waals surface area (Å²) in [6.45, 7) is 1.59. The Morgan fingerprint density at radius 2 is 2.58 bits per heavy atom. The molecule has 0 aliphatic heterocycles. The van der Waals surface area contributed by atoms with E-state index in [0.29, 0.717) is 6.42 Å². The Hall–Kier alpha value is -1.16. The van der Waals surface area contributed by atoms with Crippen molar-refractivity contribution in [3.63, 3.8) is 0 Å². The molecule has 12 heavy (non-hydrogen) atoms. The summed E-state index contributed by atoms with van der Waals surface area (Å²) in [7, 11) is 0. The van der Waals surface area contributed by atoms with E-state index in [0.717, 1.165) is 15.9 Å². The molecular formula is C8H8N2OS. The van der Waals surface area contributed by atoms with Gasteiger partial charge in [-0.15, -0.1) is 11.3 Å². The molecule has 0 aliphatic rings. The summed E-state index contributed by atoms with van der Waals surface area (Å²) in [5.74, 6) is 0.170. The zero-order valence-electron chi connectivity index (χ0n) is 6.63. The third kappa shape index (κ3) is 1.14. The molecule has 2 aromatic heterocycles. The van der Waals surface area contributed by atoms with E-state index >= 15 is 0 Å². The van der Waals surface area contributed by atoms with Crippen molar-refractivity contribution in [1.82, 2.24) is 9.97 Å². The van der Waals surface area contributed by atoms with Crippen LogP contribution in [0.5, 0.6) is 0 Å². The van der Waals surface area contributed by atoms with Crippen LogP contribution >= 0.6 is 11.3 Å². The maximum atomic E-state index is 10.8. The van der Waals surface area contributed by atoms with Crippen LogP contribution < -0.4 is 0 Å². The Kier molecular flexibility index (Phi) is 1.69. The largest absolute Gasteiger partial charge is 0.351 e. The smallest absolute Gasteiger partial charge is 0.134 e. The highest BCUT2D eigenvalue weighted by Gasteiger charge is 2.07. The van der Waals surface area contributed by atoms with Gasteiger partial charge in [-0.1, -0.05) is 0 Å². The van der Waals surface area contributed by atoms with Gasteiger partial charge in [-0.25, -0.2) is 4.98 Å². The fourth-order valence-electron chi connectivity index (χ4n) is 1.20. The average molecular weight is 180 g/mol. The fourth-order valence-corrected chi connectivity index (χ4v) is 1.89. The summed E-state index contributed by atoms with van der Waals surface area (Å²) in [5, 5.41) is 0. The van der Waals surface area contributed by atoms with Gasteiger partial charge in [-0.05, 0) is 6.92 Å². The Balaban J connectivity index is 2.47. The Bertz CT molecular complexity index is 415. The molecule has 0 saturated heterocycles. The molecule has 2 aromatic rings. The Labute approximate surface area is 73.4 Å². The lowest BCUT2D eigenvalue weighted by Gasteiger charge is -1.88. The molecule has 0 bridgehead atoms. The molecule has 0 aliphatic carbocycles. The minimum atomic E-state index is 0.170. The first kappa shape index (κ1) is 7.49. The lowest BCUT2D eigenvalue weighted by molar-refractivity contribution is -0.116. The highest BCUT2D eigenvalue weighted by molar-refractivity contribution is 7.16. The minimum Gasteiger partial charge on any atom is -0.351 e. The molecule has 3 nitrogen and oxygen atoms in total. The van der Waals surface area contributed by atoms with Gasteiger partial charge in [-0.2, -0.15) is 0 Å². The molecule has 2 heterocycles. The zero-order valence-corrected chi connectivity index (χ0v) is 7.44. The van der Waals surface area contributed by atoms with Gasteiger partial charge in [0, 0.05) is 18.2 Å². The van der Waals surface area contributed by atoms with Crippen LogP contribution in [0.4, 0.5) is 0 Å². The van der Waals surface area contributed by atoms with Crippen LogP contribution in [-0.4, -0.2) is 15.8 Å². The normalized spacial score (nSPS) is 10.8. The topological polar surface area (TPSA) is 45.8 Å². The Morgan fingerprint density at radius 1 is 1.75 bits per heavy atom. The summed E-state index contributed by atoms with van der Waals surface area (Å²) >= 11 is 1.56. The van der Waals surface area contributed by atoms with Crippen LogP contribution in [-0.2, 0) is 11.2 Å². The molecule has 62 valence electrons. The summed E-state index contributed by atoms with van der Waals surface area (Å²) in [6.07, 6.45) is 2.33. The third-order valence-electron chi connectivity index (χ3n) is 1.69. The van der Waals surface area contributed by atoms with E-state index in [1.165, 1.54) is 0 Å². The molecule has 0 unspecified atom stereocenters. The molecule has 0 fully saturated rings. The Morgan fingerprint density at radius 3 is 3.33 bits per heavy atom. The van der Waals surface area contributed by atoms with Crippen LogP contribution in [0.15, 0.2) is 11.7 Å². The number of fused-ring (bicyclic) bond motifs is 1. The molecular weight excluding hydrogens is 172 g/mol. The van der Waals surface area contributed by atoms with E-state index in [9.17, 15) is 4.79 Å². The maximum absolute atomic E-state index is 10.8. The van der Waals surface area contributed by atoms with Crippen molar-refractivity contribution in [2.75, 3.05) is 0 Å². The first-order chi connectivity index (χ1) is 5.77. The molecule has 0 spiro atoms.